The highest BCUT2D eigenvalue weighted by Gasteiger charge is 2.31. The Morgan fingerprint density at radius 1 is 0.925 bits per heavy atom. The van der Waals surface area contributed by atoms with E-state index >= 15 is 0 Å². The molecular weight excluding hydrogens is 726 g/mol. The molecule has 1 aliphatic carbocycles. The van der Waals surface area contributed by atoms with Crippen LogP contribution in [0.25, 0.3) is 6.08 Å². The van der Waals surface area contributed by atoms with Crippen molar-refractivity contribution in [2.24, 2.45) is 0 Å². The molecule has 0 radical (unpaired) electrons. The van der Waals surface area contributed by atoms with Gasteiger partial charge in [0, 0.05) is 26.0 Å². The van der Waals surface area contributed by atoms with Gasteiger partial charge in [0.15, 0.2) is 0 Å². The van der Waals surface area contributed by atoms with E-state index in [1.807, 2.05) is 24.3 Å². The average Bonchev–Trinajstić information content (AvgIpc) is 3.53. The van der Waals surface area contributed by atoms with Crippen molar-refractivity contribution in [3.8, 4) is 0 Å². The summed E-state index contributed by atoms with van der Waals surface area (Å²) in [5.74, 6) is -1.35. The molecule has 3 amide bonds. The zero-order chi connectivity index (χ0) is 37.3. The lowest BCUT2D eigenvalue weighted by atomic mass is 9.83. The molecule has 1 heterocycles. The molecule has 1 aromatic heterocycles. The Hall–Kier alpha value is -5.16. The highest BCUT2D eigenvalue weighted by Crippen LogP contribution is 2.43. The second-order valence-electron chi connectivity index (χ2n) is 12.4. The summed E-state index contributed by atoms with van der Waals surface area (Å²) >= 11 is 9.14. The molecule has 1 aliphatic rings. The molecule has 270 valence electrons. The Kier molecular flexibility index (Phi) is 12.5. The molecule has 0 aliphatic heterocycles. The third-order valence-corrected chi connectivity index (χ3v) is 11.4. The molecule has 4 aromatic carbocycles. The largest absolute Gasteiger partial charge is 0.462 e. The third kappa shape index (κ3) is 9.45. The number of rotatable bonds is 12. The van der Waals surface area contributed by atoms with Crippen LogP contribution in [0.1, 0.15) is 68.5 Å². The van der Waals surface area contributed by atoms with Crippen LogP contribution in [0.15, 0.2) is 120 Å². The van der Waals surface area contributed by atoms with Crippen LogP contribution in [0.4, 0.5) is 10.7 Å². The van der Waals surface area contributed by atoms with Crippen LogP contribution in [0, 0.1) is 0 Å². The number of amides is 3. The molecule has 3 N–H and O–H groups in total. The lowest BCUT2D eigenvalue weighted by Gasteiger charge is -2.23. The molecular formula is C42H38ClN3O5S2. The van der Waals surface area contributed by atoms with Crippen molar-refractivity contribution in [3.05, 3.63) is 153 Å². The van der Waals surface area contributed by atoms with Crippen molar-refractivity contribution in [3.63, 3.8) is 0 Å². The number of fused-ring (bicyclic) bond motifs is 1. The summed E-state index contributed by atoms with van der Waals surface area (Å²) in [6.07, 6.45) is 3.95. The first-order valence-corrected chi connectivity index (χ1v) is 19.4. The standard InChI is InChI=1S/C42H38ClN3O5S2/c1-3-51-42(50)37-33-22-21-29(27-13-6-4-7-14-27)24-36(33)53-41(37)46-38(47)26(2)52-32-19-12-18-31(25-32)44-40(49)35(23-30-17-10-11-20-34(30)43)45-39(48)28-15-8-5-9-16-28/h4-20,23,25-26,29H,3,21-22,24H2,1-2H3,(H,44,49)(H,45,48)(H,46,47)/b35-23+. The van der Waals surface area contributed by atoms with Crippen LogP contribution < -0.4 is 16.0 Å². The first kappa shape index (κ1) is 37.6. The molecule has 0 spiro atoms. The van der Waals surface area contributed by atoms with Gasteiger partial charge in [0.1, 0.15) is 10.7 Å². The van der Waals surface area contributed by atoms with Crippen LogP contribution in [0.3, 0.4) is 0 Å². The summed E-state index contributed by atoms with van der Waals surface area (Å²) < 4.78 is 5.43. The predicted molar refractivity (Wildman–Crippen MR) is 214 cm³/mol. The summed E-state index contributed by atoms with van der Waals surface area (Å²) in [5.41, 5.74) is 4.10. The number of carbonyl (C=O) groups excluding carboxylic acids is 4. The van der Waals surface area contributed by atoms with Gasteiger partial charge in [0.2, 0.25) is 5.91 Å². The average molecular weight is 764 g/mol. The van der Waals surface area contributed by atoms with Gasteiger partial charge >= 0.3 is 5.97 Å². The summed E-state index contributed by atoms with van der Waals surface area (Å²) in [7, 11) is 0. The fourth-order valence-corrected chi connectivity index (χ4v) is 8.54. The number of thiophene rings is 1. The number of hydrogen-bond acceptors (Lipinski definition) is 7. The number of halogens is 1. The Morgan fingerprint density at radius 3 is 2.38 bits per heavy atom. The zero-order valence-electron chi connectivity index (χ0n) is 29.2. The fourth-order valence-electron chi connectivity index (χ4n) is 6.11. The minimum atomic E-state index is -0.551. The Balaban J connectivity index is 1.16. The number of esters is 1. The number of nitrogens with one attached hydrogen (secondary N) is 3. The minimum absolute atomic E-state index is 0.00360. The second-order valence-corrected chi connectivity index (χ2v) is 15.3. The normalized spacial score (nSPS) is 14.4. The zero-order valence-corrected chi connectivity index (χ0v) is 31.6. The molecule has 0 saturated heterocycles. The van der Waals surface area contributed by atoms with E-state index in [4.69, 9.17) is 16.3 Å². The molecule has 8 nitrogen and oxygen atoms in total. The topological polar surface area (TPSA) is 114 Å². The van der Waals surface area contributed by atoms with Gasteiger partial charge in [0.25, 0.3) is 11.8 Å². The van der Waals surface area contributed by atoms with Crippen molar-refractivity contribution in [2.45, 2.75) is 49.2 Å². The number of hydrogen-bond donors (Lipinski definition) is 3. The minimum Gasteiger partial charge on any atom is -0.462 e. The SMILES string of the molecule is CCOC(=O)c1c(NC(=O)C(C)Sc2cccc(NC(=O)/C(=C\c3ccccc3Cl)NC(=O)c3ccccc3)c2)sc2c1CCC(c1ccccc1)C2. The van der Waals surface area contributed by atoms with E-state index in [-0.39, 0.29) is 18.2 Å². The maximum atomic E-state index is 13.6. The maximum Gasteiger partial charge on any atom is 0.341 e. The summed E-state index contributed by atoms with van der Waals surface area (Å²) in [4.78, 5) is 55.3. The predicted octanol–water partition coefficient (Wildman–Crippen LogP) is 9.38. The maximum absolute atomic E-state index is 13.6. The quantitative estimate of drug-likeness (QED) is 0.0663. The van der Waals surface area contributed by atoms with Gasteiger partial charge in [-0.1, -0.05) is 84.4 Å². The lowest BCUT2D eigenvalue weighted by Crippen LogP contribution is -2.30. The van der Waals surface area contributed by atoms with Gasteiger partial charge in [-0.2, -0.15) is 0 Å². The number of carbonyl (C=O) groups is 4. The van der Waals surface area contributed by atoms with E-state index in [9.17, 15) is 19.2 Å². The molecule has 0 bridgehead atoms. The highest BCUT2D eigenvalue weighted by atomic mass is 35.5. The molecule has 0 fully saturated rings. The molecule has 2 atom stereocenters. The van der Waals surface area contributed by atoms with Crippen molar-refractivity contribution in [1.82, 2.24) is 5.32 Å². The second kappa shape index (κ2) is 17.6. The van der Waals surface area contributed by atoms with Gasteiger partial charge in [-0.3, -0.25) is 14.4 Å². The monoisotopic (exact) mass is 763 g/mol. The van der Waals surface area contributed by atoms with E-state index in [0.717, 1.165) is 34.6 Å². The van der Waals surface area contributed by atoms with E-state index in [0.29, 0.717) is 38.3 Å². The number of anilines is 2. The van der Waals surface area contributed by atoms with Gasteiger partial charge in [-0.25, -0.2) is 4.79 Å². The summed E-state index contributed by atoms with van der Waals surface area (Å²) in [6, 6.07) is 33.1. The van der Waals surface area contributed by atoms with Crippen molar-refractivity contribution in [2.75, 3.05) is 17.2 Å². The third-order valence-electron chi connectivity index (χ3n) is 8.76. The number of thioether (sulfide) groups is 1. The smallest absolute Gasteiger partial charge is 0.341 e. The van der Waals surface area contributed by atoms with Crippen molar-refractivity contribution >= 4 is 75.2 Å². The van der Waals surface area contributed by atoms with E-state index in [1.54, 1.807) is 86.6 Å². The van der Waals surface area contributed by atoms with Gasteiger partial charge in [-0.05, 0) is 98.2 Å². The van der Waals surface area contributed by atoms with E-state index in [2.05, 4.69) is 28.1 Å². The molecule has 11 heteroatoms. The summed E-state index contributed by atoms with van der Waals surface area (Å²) in [5, 5.41) is 9.01. The molecule has 6 rings (SSSR count). The van der Waals surface area contributed by atoms with Crippen LogP contribution in [0.2, 0.25) is 5.02 Å². The van der Waals surface area contributed by atoms with Gasteiger partial charge in [-0.15, -0.1) is 23.1 Å². The molecule has 5 aromatic rings. The van der Waals surface area contributed by atoms with Gasteiger partial charge in [0.05, 0.1) is 17.4 Å². The molecule has 0 saturated carbocycles. The highest BCUT2D eigenvalue weighted by molar-refractivity contribution is 8.00. The Morgan fingerprint density at radius 2 is 1.64 bits per heavy atom. The number of ether oxygens (including phenoxy) is 1. The van der Waals surface area contributed by atoms with Gasteiger partial charge < -0.3 is 20.7 Å². The first-order chi connectivity index (χ1) is 25.7. The van der Waals surface area contributed by atoms with Crippen LogP contribution in [-0.4, -0.2) is 35.5 Å². The fraction of sp³-hybridized carbons (Fsp3) is 0.190. The Bertz CT molecular complexity index is 2150. The Labute approximate surface area is 322 Å². The van der Waals surface area contributed by atoms with Crippen molar-refractivity contribution in [1.29, 1.82) is 0 Å². The van der Waals surface area contributed by atoms with Crippen molar-refractivity contribution < 1.29 is 23.9 Å². The van der Waals surface area contributed by atoms with E-state index in [1.165, 1.54) is 34.7 Å². The first-order valence-electron chi connectivity index (χ1n) is 17.3. The van der Waals surface area contributed by atoms with Crippen LogP contribution in [-0.2, 0) is 27.2 Å². The number of benzene rings is 4. The molecule has 53 heavy (non-hydrogen) atoms. The van der Waals surface area contributed by atoms with Crippen LogP contribution >= 0.6 is 34.7 Å². The summed E-state index contributed by atoms with van der Waals surface area (Å²) in [6.45, 7) is 3.80. The molecule has 2 unspecified atom stereocenters. The lowest BCUT2D eigenvalue weighted by molar-refractivity contribution is -0.115. The van der Waals surface area contributed by atoms with E-state index < -0.39 is 23.0 Å². The van der Waals surface area contributed by atoms with Crippen LogP contribution in [0.5, 0.6) is 0 Å².